The highest BCUT2D eigenvalue weighted by Gasteiger charge is 2.19. The standard InChI is InChI=1S/C13H20N4/c1-9(13(3,4)5)8-15-12-16-10(2)6-11(7-14)17-12/h6,9H,8H2,1-5H3,(H,15,16,17). The average molecular weight is 232 g/mol. The van der Waals surface area contributed by atoms with E-state index in [1.807, 2.05) is 13.0 Å². The fourth-order valence-electron chi connectivity index (χ4n) is 1.26. The van der Waals surface area contributed by atoms with Gasteiger partial charge in [-0.05, 0) is 24.3 Å². The molecule has 4 nitrogen and oxygen atoms in total. The summed E-state index contributed by atoms with van der Waals surface area (Å²) in [6.45, 7) is 11.5. The first-order chi connectivity index (χ1) is 7.82. The van der Waals surface area contributed by atoms with Crippen molar-refractivity contribution in [3.8, 4) is 6.07 Å². The van der Waals surface area contributed by atoms with Crippen LogP contribution in [0.25, 0.3) is 0 Å². The quantitative estimate of drug-likeness (QED) is 0.870. The van der Waals surface area contributed by atoms with Crippen LogP contribution in [0.3, 0.4) is 0 Å². The lowest BCUT2D eigenvalue weighted by Gasteiger charge is -2.27. The van der Waals surface area contributed by atoms with Crippen molar-refractivity contribution < 1.29 is 0 Å². The molecular formula is C13H20N4. The summed E-state index contributed by atoms with van der Waals surface area (Å²) in [6.07, 6.45) is 0. The van der Waals surface area contributed by atoms with Gasteiger partial charge in [0.05, 0.1) is 0 Å². The van der Waals surface area contributed by atoms with Crippen LogP contribution in [0.4, 0.5) is 5.95 Å². The molecule has 0 aliphatic rings. The van der Waals surface area contributed by atoms with E-state index >= 15 is 0 Å². The maximum Gasteiger partial charge on any atom is 0.224 e. The summed E-state index contributed by atoms with van der Waals surface area (Å²) in [5.41, 5.74) is 1.46. The monoisotopic (exact) mass is 232 g/mol. The molecule has 1 rings (SSSR count). The first kappa shape index (κ1) is 13.4. The smallest absolute Gasteiger partial charge is 0.224 e. The molecule has 1 heterocycles. The predicted molar refractivity (Wildman–Crippen MR) is 68.6 cm³/mol. The second-order valence-corrected chi connectivity index (χ2v) is 5.48. The van der Waals surface area contributed by atoms with E-state index in [1.54, 1.807) is 6.07 Å². The largest absolute Gasteiger partial charge is 0.354 e. The van der Waals surface area contributed by atoms with Gasteiger partial charge in [-0.15, -0.1) is 0 Å². The maximum absolute atomic E-state index is 8.83. The predicted octanol–water partition coefficient (Wildman–Crippen LogP) is 2.75. The third-order valence-corrected chi connectivity index (χ3v) is 3.01. The molecule has 92 valence electrons. The van der Waals surface area contributed by atoms with Crippen molar-refractivity contribution in [1.82, 2.24) is 9.97 Å². The molecule has 0 fully saturated rings. The molecule has 0 saturated heterocycles. The number of aryl methyl sites for hydroxylation is 1. The molecule has 0 saturated carbocycles. The molecule has 1 N–H and O–H groups in total. The summed E-state index contributed by atoms with van der Waals surface area (Å²) in [6, 6.07) is 3.71. The van der Waals surface area contributed by atoms with Crippen molar-refractivity contribution in [1.29, 1.82) is 5.26 Å². The highest BCUT2D eigenvalue weighted by Crippen LogP contribution is 2.25. The number of nitrogens with zero attached hydrogens (tertiary/aromatic N) is 3. The highest BCUT2D eigenvalue weighted by atomic mass is 15.1. The van der Waals surface area contributed by atoms with E-state index in [-0.39, 0.29) is 5.41 Å². The van der Waals surface area contributed by atoms with Crippen LogP contribution in [0.15, 0.2) is 6.07 Å². The van der Waals surface area contributed by atoms with Crippen LogP contribution < -0.4 is 5.32 Å². The minimum absolute atomic E-state index is 0.245. The molecule has 4 heteroatoms. The number of rotatable bonds is 3. The van der Waals surface area contributed by atoms with Crippen molar-refractivity contribution in [3.05, 3.63) is 17.5 Å². The number of aromatic nitrogens is 2. The molecular weight excluding hydrogens is 212 g/mol. The molecule has 0 spiro atoms. The lowest BCUT2D eigenvalue weighted by Crippen LogP contribution is -2.25. The highest BCUT2D eigenvalue weighted by molar-refractivity contribution is 5.32. The van der Waals surface area contributed by atoms with E-state index in [1.165, 1.54) is 0 Å². The van der Waals surface area contributed by atoms with Gasteiger partial charge in [-0.2, -0.15) is 5.26 Å². The number of nitriles is 1. The van der Waals surface area contributed by atoms with Gasteiger partial charge in [0.2, 0.25) is 5.95 Å². The second kappa shape index (κ2) is 5.13. The lowest BCUT2D eigenvalue weighted by molar-refractivity contribution is 0.274. The van der Waals surface area contributed by atoms with Gasteiger partial charge in [-0.25, -0.2) is 9.97 Å². The van der Waals surface area contributed by atoms with Gasteiger partial charge in [-0.1, -0.05) is 27.7 Å². The molecule has 0 aromatic carbocycles. The van der Waals surface area contributed by atoms with E-state index in [2.05, 4.69) is 43.0 Å². The Morgan fingerprint density at radius 2 is 2.06 bits per heavy atom. The molecule has 0 aliphatic heterocycles. The Hall–Kier alpha value is -1.63. The Balaban J connectivity index is 2.70. The fourth-order valence-corrected chi connectivity index (χ4v) is 1.26. The molecule has 0 amide bonds. The van der Waals surface area contributed by atoms with Gasteiger partial charge >= 0.3 is 0 Å². The van der Waals surface area contributed by atoms with Gasteiger partial charge in [-0.3, -0.25) is 0 Å². The van der Waals surface area contributed by atoms with Crippen LogP contribution in [0.2, 0.25) is 0 Å². The van der Waals surface area contributed by atoms with Crippen molar-refractivity contribution in [2.75, 3.05) is 11.9 Å². The third kappa shape index (κ3) is 4.03. The zero-order valence-electron chi connectivity index (χ0n) is 11.2. The molecule has 17 heavy (non-hydrogen) atoms. The molecule has 1 aromatic heterocycles. The summed E-state index contributed by atoms with van der Waals surface area (Å²) in [5, 5.41) is 12.0. The first-order valence-corrected chi connectivity index (χ1v) is 5.82. The summed E-state index contributed by atoms with van der Waals surface area (Å²) in [7, 11) is 0. The van der Waals surface area contributed by atoms with E-state index in [0.29, 0.717) is 17.6 Å². The van der Waals surface area contributed by atoms with Crippen molar-refractivity contribution >= 4 is 5.95 Å². The minimum Gasteiger partial charge on any atom is -0.354 e. The van der Waals surface area contributed by atoms with Gasteiger partial charge < -0.3 is 5.32 Å². The Kier molecular flexibility index (Phi) is 4.06. The third-order valence-electron chi connectivity index (χ3n) is 3.01. The molecule has 1 atom stereocenters. The minimum atomic E-state index is 0.245. The number of nitrogens with one attached hydrogen (secondary N) is 1. The van der Waals surface area contributed by atoms with Crippen LogP contribution in [0, 0.1) is 29.6 Å². The average Bonchev–Trinajstić information content (AvgIpc) is 2.23. The van der Waals surface area contributed by atoms with E-state index in [9.17, 15) is 0 Å². The van der Waals surface area contributed by atoms with Crippen LogP contribution in [0.1, 0.15) is 39.1 Å². The normalized spacial score (nSPS) is 12.9. The molecule has 0 aliphatic carbocycles. The van der Waals surface area contributed by atoms with Crippen LogP contribution in [-0.2, 0) is 0 Å². The molecule has 0 bridgehead atoms. The van der Waals surface area contributed by atoms with Gasteiger partial charge in [0, 0.05) is 12.2 Å². The van der Waals surface area contributed by atoms with Crippen molar-refractivity contribution in [2.45, 2.75) is 34.6 Å². The van der Waals surface area contributed by atoms with E-state index in [4.69, 9.17) is 5.26 Å². The van der Waals surface area contributed by atoms with Gasteiger partial charge in [0.1, 0.15) is 11.8 Å². The van der Waals surface area contributed by atoms with E-state index in [0.717, 1.165) is 12.2 Å². The zero-order chi connectivity index (χ0) is 13.1. The van der Waals surface area contributed by atoms with Crippen LogP contribution in [0.5, 0.6) is 0 Å². The van der Waals surface area contributed by atoms with Gasteiger partial charge in [0.15, 0.2) is 0 Å². The Bertz CT molecular complexity index is 426. The second-order valence-electron chi connectivity index (χ2n) is 5.48. The fraction of sp³-hybridized carbons (Fsp3) is 0.615. The molecule has 1 unspecified atom stereocenters. The molecule has 0 radical (unpaired) electrons. The number of hydrogen-bond acceptors (Lipinski definition) is 4. The Morgan fingerprint density at radius 3 is 2.59 bits per heavy atom. The zero-order valence-corrected chi connectivity index (χ0v) is 11.2. The lowest BCUT2D eigenvalue weighted by atomic mass is 9.82. The van der Waals surface area contributed by atoms with Crippen molar-refractivity contribution in [2.24, 2.45) is 11.3 Å². The Labute approximate surface area is 103 Å². The summed E-state index contributed by atoms with van der Waals surface area (Å²) in [5.74, 6) is 1.04. The van der Waals surface area contributed by atoms with E-state index < -0.39 is 0 Å². The SMILES string of the molecule is Cc1cc(C#N)nc(NCC(C)C(C)(C)C)n1. The number of hydrogen-bond donors (Lipinski definition) is 1. The maximum atomic E-state index is 8.83. The molecule has 1 aromatic rings. The Morgan fingerprint density at radius 1 is 1.41 bits per heavy atom. The van der Waals surface area contributed by atoms with Gasteiger partial charge in [0.25, 0.3) is 0 Å². The number of anilines is 1. The topological polar surface area (TPSA) is 61.6 Å². The summed E-state index contributed by atoms with van der Waals surface area (Å²) < 4.78 is 0. The first-order valence-electron chi connectivity index (χ1n) is 5.82. The summed E-state index contributed by atoms with van der Waals surface area (Å²) >= 11 is 0. The van der Waals surface area contributed by atoms with Crippen LogP contribution in [-0.4, -0.2) is 16.5 Å². The summed E-state index contributed by atoms with van der Waals surface area (Å²) in [4.78, 5) is 8.39. The van der Waals surface area contributed by atoms with Crippen LogP contribution >= 0.6 is 0 Å². The van der Waals surface area contributed by atoms with Crippen molar-refractivity contribution in [3.63, 3.8) is 0 Å².